The molecule has 0 spiro atoms. The summed E-state index contributed by atoms with van der Waals surface area (Å²) in [6.45, 7) is 7.28. The normalized spacial score (nSPS) is 12.0. The zero-order valence-corrected chi connectivity index (χ0v) is 14.7. The van der Waals surface area contributed by atoms with Crippen molar-refractivity contribution in [3.05, 3.63) is 46.8 Å². The van der Waals surface area contributed by atoms with Gasteiger partial charge in [-0.05, 0) is 31.9 Å². The molecule has 0 aliphatic rings. The monoisotopic (exact) mass is 346 g/mol. The highest BCUT2D eigenvalue weighted by atomic mass is 16.5. The smallest absolute Gasteiger partial charge is 0.326 e. The highest BCUT2D eigenvalue weighted by Crippen LogP contribution is 2.22. The molecule has 0 bridgehead atoms. The second-order valence-corrected chi connectivity index (χ2v) is 6.12. The van der Waals surface area contributed by atoms with Gasteiger partial charge in [-0.25, -0.2) is 4.79 Å². The number of aliphatic carboxylic acids is 1. The van der Waals surface area contributed by atoms with Crippen LogP contribution in [-0.2, 0) is 11.4 Å². The van der Waals surface area contributed by atoms with E-state index in [0.29, 0.717) is 11.5 Å². The highest BCUT2D eigenvalue weighted by Gasteiger charge is 2.25. The van der Waals surface area contributed by atoms with Crippen LogP contribution >= 0.6 is 0 Å². The van der Waals surface area contributed by atoms with Gasteiger partial charge in [0.25, 0.3) is 5.91 Å². The molecule has 2 aromatic rings. The number of carboxylic acid groups (broad SMARTS) is 1. The van der Waals surface area contributed by atoms with Gasteiger partial charge in [0.1, 0.15) is 24.2 Å². The Morgan fingerprint density at radius 2 is 1.96 bits per heavy atom. The molecular formula is C18H22N2O5. The molecule has 0 aliphatic heterocycles. The molecule has 134 valence electrons. The van der Waals surface area contributed by atoms with E-state index in [2.05, 4.69) is 10.5 Å². The van der Waals surface area contributed by atoms with Crippen molar-refractivity contribution >= 4 is 11.9 Å². The van der Waals surface area contributed by atoms with Gasteiger partial charge in [-0.15, -0.1) is 0 Å². The Morgan fingerprint density at radius 1 is 1.28 bits per heavy atom. The van der Waals surface area contributed by atoms with Gasteiger partial charge in [-0.3, -0.25) is 4.79 Å². The largest absolute Gasteiger partial charge is 0.488 e. The third kappa shape index (κ3) is 4.37. The summed E-state index contributed by atoms with van der Waals surface area (Å²) in [5, 5.41) is 15.6. The second kappa shape index (κ2) is 7.83. The molecule has 1 heterocycles. The van der Waals surface area contributed by atoms with Crippen molar-refractivity contribution in [2.24, 2.45) is 5.92 Å². The van der Waals surface area contributed by atoms with Crippen LogP contribution in [0.4, 0.5) is 0 Å². The molecule has 0 radical (unpaired) electrons. The lowest BCUT2D eigenvalue weighted by molar-refractivity contribution is -0.140. The van der Waals surface area contributed by atoms with Crippen LogP contribution < -0.4 is 10.1 Å². The zero-order chi connectivity index (χ0) is 18.6. The summed E-state index contributed by atoms with van der Waals surface area (Å²) < 4.78 is 10.9. The van der Waals surface area contributed by atoms with Crippen molar-refractivity contribution in [1.29, 1.82) is 0 Å². The van der Waals surface area contributed by atoms with Crippen LogP contribution in [0.15, 0.2) is 28.8 Å². The summed E-state index contributed by atoms with van der Waals surface area (Å²) >= 11 is 0. The number of ether oxygens (including phenoxy) is 1. The Morgan fingerprint density at radius 3 is 2.52 bits per heavy atom. The molecule has 7 nitrogen and oxygen atoms in total. The van der Waals surface area contributed by atoms with Crippen LogP contribution in [0.25, 0.3) is 0 Å². The van der Waals surface area contributed by atoms with E-state index in [4.69, 9.17) is 9.26 Å². The summed E-state index contributed by atoms with van der Waals surface area (Å²) in [7, 11) is 0. The maximum Gasteiger partial charge on any atom is 0.326 e. The molecule has 1 aromatic heterocycles. The average Bonchev–Trinajstić information content (AvgIpc) is 2.88. The van der Waals surface area contributed by atoms with E-state index in [0.717, 1.165) is 11.3 Å². The van der Waals surface area contributed by atoms with E-state index >= 15 is 0 Å². The Kier molecular flexibility index (Phi) is 5.80. The maximum absolute atomic E-state index is 12.5. The van der Waals surface area contributed by atoms with Gasteiger partial charge in [0, 0.05) is 0 Å². The Balaban J connectivity index is 2.17. The quantitative estimate of drug-likeness (QED) is 0.799. The molecule has 1 atom stereocenters. The average molecular weight is 346 g/mol. The van der Waals surface area contributed by atoms with E-state index in [-0.39, 0.29) is 18.1 Å². The Bertz CT molecular complexity index is 747. The minimum atomic E-state index is -1.07. The fourth-order valence-corrected chi connectivity index (χ4v) is 2.37. The molecule has 2 rings (SSSR count). The number of aromatic nitrogens is 1. The lowest BCUT2D eigenvalue weighted by Gasteiger charge is -2.19. The fraction of sp³-hybridized carbons (Fsp3) is 0.389. The number of carbonyl (C=O) groups excluding carboxylic acids is 1. The number of amides is 1. The second-order valence-electron chi connectivity index (χ2n) is 6.12. The van der Waals surface area contributed by atoms with E-state index < -0.39 is 17.9 Å². The third-order valence-electron chi connectivity index (χ3n) is 3.90. The van der Waals surface area contributed by atoms with Crippen molar-refractivity contribution in [1.82, 2.24) is 10.5 Å². The Labute approximate surface area is 146 Å². The first-order chi connectivity index (χ1) is 11.8. The molecule has 0 saturated heterocycles. The number of hydrogen-bond acceptors (Lipinski definition) is 5. The summed E-state index contributed by atoms with van der Waals surface area (Å²) in [5.41, 5.74) is 1.83. The number of benzene rings is 1. The van der Waals surface area contributed by atoms with Crippen LogP contribution in [0, 0.1) is 19.8 Å². The zero-order valence-electron chi connectivity index (χ0n) is 14.7. The topological polar surface area (TPSA) is 102 Å². The van der Waals surface area contributed by atoms with E-state index in [1.165, 1.54) is 0 Å². The molecule has 1 unspecified atom stereocenters. The third-order valence-corrected chi connectivity index (χ3v) is 3.90. The van der Waals surface area contributed by atoms with Gasteiger partial charge in [-0.2, -0.15) is 0 Å². The van der Waals surface area contributed by atoms with Gasteiger partial charge < -0.3 is 19.7 Å². The number of nitrogens with one attached hydrogen (secondary N) is 1. The first-order valence-corrected chi connectivity index (χ1v) is 7.98. The minimum absolute atomic E-state index is 0.206. The number of rotatable bonds is 7. The van der Waals surface area contributed by atoms with Crippen molar-refractivity contribution < 1.29 is 24.0 Å². The molecule has 0 fully saturated rings. The fourth-order valence-electron chi connectivity index (χ4n) is 2.37. The SMILES string of the molecule is Cc1noc(C)c1COc1ccccc1C(=O)NC(C(=O)O)C(C)C. The standard InChI is InChI=1S/C18H22N2O5/c1-10(2)16(18(22)23)19-17(21)13-7-5-6-8-15(13)24-9-14-11(3)20-25-12(14)4/h5-8,10,16H,9H2,1-4H3,(H,19,21)(H,22,23). The molecule has 0 aliphatic carbocycles. The predicted molar refractivity (Wildman–Crippen MR) is 90.5 cm³/mol. The van der Waals surface area contributed by atoms with Gasteiger partial charge >= 0.3 is 5.97 Å². The van der Waals surface area contributed by atoms with Crippen LogP contribution in [0.2, 0.25) is 0 Å². The lowest BCUT2D eigenvalue weighted by atomic mass is 10.0. The summed E-state index contributed by atoms with van der Waals surface area (Å²) in [5.74, 6) is -0.775. The van der Waals surface area contributed by atoms with Gasteiger partial charge in [0.05, 0.1) is 16.8 Å². The van der Waals surface area contributed by atoms with E-state index in [9.17, 15) is 14.7 Å². The van der Waals surface area contributed by atoms with Gasteiger partial charge in [0.2, 0.25) is 0 Å². The number of hydrogen-bond donors (Lipinski definition) is 2. The number of carbonyl (C=O) groups is 2. The first kappa shape index (κ1) is 18.5. The van der Waals surface area contributed by atoms with Gasteiger partial charge in [0.15, 0.2) is 0 Å². The van der Waals surface area contributed by atoms with Crippen molar-refractivity contribution in [2.75, 3.05) is 0 Å². The summed E-state index contributed by atoms with van der Waals surface area (Å²) in [6, 6.07) is 5.73. The molecule has 0 saturated carbocycles. The van der Waals surface area contributed by atoms with Crippen LogP contribution in [0.5, 0.6) is 5.75 Å². The van der Waals surface area contributed by atoms with Gasteiger partial charge in [-0.1, -0.05) is 31.1 Å². The molecule has 7 heteroatoms. The number of aryl methyl sites for hydroxylation is 2. The van der Waals surface area contributed by atoms with Crippen LogP contribution in [0.3, 0.4) is 0 Å². The molecule has 1 aromatic carbocycles. The lowest BCUT2D eigenvalue weighted by Crippen LogP contribution is -2.44. The molecule has 1 amide bonds. The Hall–Kier alpha value is -2.83. The van der Waals surface area contributed by atoms with Crippen LogP contribution in [-0.4, -0.2) is 28.2 Å². The van der Waals surface area contributed by atoms with Crippen molar-refractivity contribution in [2.45, 2.75) is 40.3 Å². The molecular weight excluding hydrogens is 324 g/mol. The van der Waals surface area contributed by atoms with E-state index in [1.54, 1.807) is 45.0 Å². The number of nitrogens with zero attached hydrogens (tertiary/aromatic N) is 1. The van der Waals surface area contributed by atoms with Crippen molar-refractivity contribution in [3.63, 3.8) is 0 Å². The minimum Gasteiger partial charge on any atom is -0.488 e. The molecule has 2 N–H and O–H groups in total. The predicted octanol–water partition coefficient (Wildman–Crippen LogP) is 2.71. The highest BCUT2D eigenvalue weighted by molar-refractivity contribution is 5.98. The van der Waals surface area contributed by atoms with Crippen molar-refractivity contribution in [3.8, 4) is 5.75 Å². The maximum atomic E-state index is 12.5. The number of para-hydroxylation sites is 1. The number of carboxylic acids is 1. The first-order valence-electron chi connectivity index (χ1n) is 7.98. The van der Waals surface area contributed by atoms with E-state index in [1.807, 2.05) is 6.92 Å². The summed E-state index contributed by atoms with van der Waals surface area (Å²) in [6.07, 6.45) is 0. The van der Waals surface area contributed by atoms with Crippen LogP contribution in [0.1, 0.15) is 41.2 Å². The molecule has 25 heavy (non-hydrogen) atoms. The summed E-state index contributed by atoms with van der Waals surface area (Å²) in [4.78, 5) is 23.8.